The lowest BCUT2D eigenvalue weighted by atomic mass is 9.92. The molecule has 2 N–H and O–H groups in total. The molecule has 25 heavy (non-hydrogen) atoms. The third-order valence-corrected chi connectivity index (χ3v) is 4.22. The van der Waals surface area contributed by atoms with Crippen molar-refractivity contribution in [3.8, 4) is 0 Å². The molecule has 0 saturated carbocycles. The molecule has 0 radical (unpaired) electrons. The van der Waals surface area contributed by atoms with Gasteiger partial charge in [-0.3, -0.25) is 9.59 Å². The van der Waals surface area contributed by atoms with Gasteiger partial charge in [0.25, 0.3) is 0 Å². The summed E-state index contributed by atoms with van der Waals surface area (Å²) in [6, 6.07) is 0. The zero-order chi connectivity index (χ0) is 19.0. The van der Waals surface area contributed by atoms with Crippen molar-refractivity contribution >= 4 is 11.9 Å². The molecule has 0 heterocycles. The summed E-state index contributed by atoms with van der Waals surface area (Å²) in [7, 11) is 0. The summed E-state index contributed by atoms with van der Waals surface area (Å²) >= 11 is 0. The summed E-state index contributed by atoms with van der Waals surface area (Å²) in [5.74, 6) is -0.707. The van der Waals surface area contributed by atoms with Crippen LogP contribution in [0.2, 0.25) is 0 Å². The molecule has 0 aromatic heterocycles. The quantitative estimate of drug-likeness (QED) is 0.325. The van der Waals surface area contributed by atoms with E-state index in [9.17, 15) is 19.8 Å². The number of carbonyl (C=O) groups is 2. The third kappa shape index (κ3) is 11.9. The molecule has 0 aromatic rings. The Morgan fingerprint density at radius 1 is 0.720 bits per heavy atom. The fourth-order valence-corrected chi connectivity index (χ4v) is 2.28. The van der Waals surface area contributed by atoms with E-state index in [0.717, 1.165) is 51.4 Å². The molecule has 0 aromatic carbocycles. The predicted octanol–water partition coefficient (Wildman–Crippen LogP) is 2.98. The van der Waals surface area contributed by atoms with Gasteiger partial charge >= 0.3 is 11.9 Å². The molecule has 6 nitrogen and oxygen atoms in total. The second kappa shape index (κ2) is 15.1. The highest BCUT2D eigenvalue weighted by molar-refractivity contribution is 5.69. The molecule has 0 aliphatic heterocycles. The number of aliphatic hydroxyl groups excluding tert-OH is 2. The first-order valence-electron chi connectivity index (χ1n) is 9.56. The molecule has 0 atom stereocenters. The maximum absolute atomic E-state index is 11.7. The van der Waals surface area contributed by atoms with Crippen molar-refractivity contribution in [1.82, 2.24) is 0 Å². The minimum atomic E-state index is -1.14. The van der Waals surface area contributed by atoms with Crippen LogP contribution in [-0.2, 0) is 19.1 Å². The predicted molar refractivity (Wildman–Crippen MR) is 96.0 cm³/mol. The Labute approximate surface area is 151 Å². The highest BCUT2D eigenvalue weighted by atomic mass is 16.5. The van der Waals surface area contributed by atoms with Gasteiger partial charge in [0.2, 0.25) is 0 Å². The molecule has 0 bridgehead atoms. The molecule has 0 saturated heterocycles. The van der Waals surface area contributed by atoms with Gasteiger partial charge in [0.15, 0.2) is 0 Å². The van der Waals surface area contributed by atoms with Gasteiger partial charge in [0.1, 0.15) is 13.2 Å². The standard InChI is InChI=1S/C19H36O6/c1-3-5-7-9-11-17(22)24-15-19(13-20,14-21)16-25-18(23)12-10-8-6-4-2/h20-21H,3-16H2,1-2H3. The zero-order valence-corrected chi connectivity index (χ0v) is 15.9. The van der Waals surface area contributed by atoms with E-state index in [1.165, 1.54) is 0 Å². The van der Waals surface area contributed by atoms with Crippen molar-refractivity contribution < 1.29 is 29.3 Å². The van der Waals surface area contributed by atoms with Gasteiger partial charge in [-0.1, -0.05) is 52.4 Å². The Bertz CT molecular complexity index is 322. The van der Waals surface area contributed by atoms with Crippen molar-refractivity contribution in [2.45, 2.75) is 78.1 Å². The van der Waals surface area contributed by atoms with Crippen molar-refractivity contribution in [2.24, 2.45) is 5.41 Å². The van der Waals surface area contributed by atoms with Crippen LogP contribution in [-0.4, -0.2) is 48.6 Å². The van der Waals surface area contributed by atoms with Gasteiger partial charge in [-0.05, 0) is 12.8 Å². The zero-order valence-electron chi connectivity index (χ0n) is 15.9. The van der Waals surface area contributed by atoms with Gasteiger partial charge < -0.3 is 19.7 Å². The number of hydrogen-bond acceptors (Lipinski definition) is 6. The topological polar surface area (TPSA) is 93.1 Å². The highest BCUT2D eigenvalue weighted by Crippen LogP contribution is 2.18. The smallest absolute Gasteiger partial charge is 0.305 e. The molecule has 0 aliphatic carbocycles. The normalized spacial score (nSPS) is 11.4. The lowest BCUT2D eigenvalue weighted by Gasteiger charge is -2.28. The van der Waals surface area contributed by atoms with Crippen molar-refractivity contribution in [3.05, 3.63) is 0 Å². The molecule has 0 unspecified atom stereocenters. The van der Waals surface area contributed by atoms with Gasteiger partial charge in [-0.2, -0.15) is 0 Å². The fourth-order valence-electron chi connectivity index (χ4n) is 2.28. The number of unbranched alkanes of at least 4 members (excludes halogenated alkanes) is 6. The Balaban J connectivity index is 4.17. The van der Waals surface area contributed by atoms with Crippen LogP contribution >= 0.6 is 0 Å². The van der Waals surface area contributed by atoms with Gasteiger partial charge in [-0.15, -0.1) is 0 Å². The molecule has 6 heteroatoms. The second-order valence-electron chi connectivity index (χ2n) is 6.76. The van der Waals surface area contributed by atoms with Crippen LogP contribution in [0.25, 0.3) is 0 Å². The van der Waals surface area contributed by atoms with E-state index in [1.54, 1.807) is 0 Å². The maximum Gasteiger partial charge on any atom is 0.305 e. The molecular formula is C19H36O6. The molecule has 0 spiro atoms. The van der Waals surface area contributed by atoms with Gasteiger partial charge in [0, 0.05) is 12.8 Å². The van der Waals surface area contributed by atoms with E-state index in [2.05, 4.69) is 13.8 Å². The number of carbonyl (C=O) groups excluding carboxylic acids is 2. The van der Waals surface area contributed by atoms with Crippen LogP contribution in [0.15, 0.2) is 0 Å². The van der Waals surface area contributed by atoms with Crippen LogP contribution in [0.4, 0.5) is 0 Å². The lowest BCUT2D eigenvalue weighted by Crippen LogP contribution is -2.41. The minimum Gasteiger partial charge on any atom is -0.465 e. The van der Waals surface area contributed by atoms with E-state index in [-0.39, 0.29) is 25.2 Å². The first kappa shape index (κ1) is 23.9. The van der Waals surface area contributed by atoms with Gasteiger partial charge in [0.05, 0.1) is 18.6 Å². The van der Waals surface area contributed by atoms with Crippen LogP contribution < -0.4 is 0 Å². The van der Waals surface area contributed by atoms with E-state index < -0.39 is 18.6 Å². The highest BCUT2D eigenvalue weighted by Gasteiger charge is 2.32. The fraction of sp³-hybridized carbons (Fsp3) is 0.895. The minimum absolute atomic E-state index is 0.157. The molecule has 0 rings (SSSR count). The maximum atomic E-state index is 11.7. The van der Waals surface area contributed by atoms with Crippen molar-refractivity contribution in [1.29, 1.82) is 0 Å². The molecule has 0 amide bonds. The molecule has 0 aliphatic rings. The number of aliphatic hydroxyl groups is 2. The van der Waals surface area contributed by atoms with Crippen molar-refractivity contribution in [2.75, 3.05) is 26.4 Å². The van der Waals surface area contributed by atoms with Crippen LogP contribution in [0.3, 0.4) is 0 Å². The summed E-state index contributed by atoms with van der Waals surface area (Å²) in [4.78, 5) is 23.5. The monoisotopic (exact) mass is 360 g/mol. The number of ether oxygens (including phenoxy) is 2. The number of rotatable bonds is 16. The SMILES string of the molecule is CCCCCCC(=O)OCC(CO)(CO)COC(=O)CCCCCC. The van der Waals surface area contributed by atoms with Crippen molar-refractivity contribution in [3.63, 3.8) is 0 Å². The van der Waals surface area contributed by atoms with Gasteiger partial charge in [-0.25, -0.2) is 0 Å². The van der Waals surface area contributed by atoms with Crippen LogP contribution in [0, 0.1) is 5.41 Å². The molecular weight excluding hydrogens is 324 g/mol. The average molecular weight is 360 g/mol. The summed E-state index contributed by atoms with van der Waals surface area (Å²) in [5.41, 5.74) is -1.14. The third-order valence-electron chi connectivity index (χ3n) is 4.22. The van der Waals surface area contributed by atoms with E-state index in [4.69, 9.17) is 9.47 Å². The Hall–Kier alpha value is -1.14. The summed E-state index contributed by atoms with van der Waals surface area (Å²) in [6.45, 7) is 3.04. The van der Waals surface area contributed by atoms with Crippen LogP contribution in [0.1, 0.15) is 78.1 Å². The number of hydrogen-bond donors (Lipinski definition) is 2. The van der Waals surface area contributed by atoms with E-state index >= 15 is 0 Å². The Morgan fingerprint density at radius 2 is 1.12 bits per heavy atom. The number of esters is 2. The van der Waals surface area contributed by atoms with E-state index in [0.29, 0.717) is 12.8 Å². The first-order chi connectivity index (χ1) is 12.0. The second-order valence-corrected chi connectivity index (χ2v) is 6.76. The summed E-state index contributed by atoms with van der Waals surface area (Å²) < 4.78 is 10.3. The van der Waals surface area contributed by atoms with Crippen LogP contribution in [0.5, 0.6) is 0 Å². The summed E-state index contributed by atoms with van der Waals surface area (Å²) in [5, 5.41) is 19.1. The average Bonchev–Trinajstić information content (AvgIpc) is 2.63. The summed E-state index contributed by atoms with van der Waals surface area (Å²) in [6.07, 6.45) is 8.49. The largest absolute Gasteiger partial charge is 0.465 e. The van der Waals surface area contributed by atoms with E-state index in [1.807, 2.05) is 0 Å². The Morgan fingerprint density at radius 3 is 1.44 bits per heavy atom. The Kier molecular flexibility index (Phi) is 14.5. The lowest BCUT2D eigenvalue weighted by molar-refractivity contribution is -0.159. The molecule has 0 fully saturated rings. The first-order valence-corrected chi connectivity index (χ1v) is 9.56. The molecule has 148 valence electrons.